The molecular formula is C23H24N6O. The first kappa shape index (κ1) is 18.6. The van der Waals surface area contributed by atoms with Crippen molar-refractivity contribution in [1.82, 2.24) is 19.3 Å². The predicted molar refractivity (Wildman–Crippen MR) is 113 cm³/mol. The Labute approximate surface area is 175 Å². The van der Waals surface area contributed by atoms with Gasteiger partial charge in [-0.3, -0.25) is 4.79 Å². The Hall–Kier alpha value is -3.40. The summed E-state index contributed by atoms with van der Waals surface area (Å²) in [7, 11) is 0. The molecule has 1 amide bonds. The Morgan fingerprint density at radius 3 is 2.93 bits per heavy atom. The minimum absolute atomic E-state index is 0.114. The van der Waals surface area contributed by atoms with E-state index in [2.05, 4.69) is 38.0 Å². The largest absolute Gasteiger partial charge is 0.353 e. The monoisotopic (exact) mass is 400 g/mol. The third-order valence-corrected chi connectivity index (χ3v) is 6.37. The average Bonchev–Trinajstić information content (AvgIpc) is 3.39. The number of imidazole rings is 1. The molecule has 30 heavy (non-hydrogen) atoms. The molecule has 2 aliphatic rings. The Kier molecular flexibility index (Phi) is 4.83. The summed E-state index contributed by atoms with van der Waals surface area (Å²) in [6, 6.07) is 10.2. The Morgan fingerprint density at radius 2 is 2.10 bits per heavy atom. The number of nitrogens with zero attached hydrogens (tertiary/aromatic N) is 6. The first-order chi connectivity index (χ1) is 14.7. The maximum absolute atomic E-state index is 12.9. The highest BCUT2D eigenvalue weighted by Crippen LogP contribution is 2.32. The van der Waals surface area contributed by atoms with Crippen molar-refractivity contribution in [3.8, 4) is 6.07 Å². The molecule has 0 aliphatic carbocycles. The number of aromatic nitrogens is 3. The van der Waals surface area contributed by atoms with Gasteiger partial charge in [-0.05, 0) is 49.4 Å². The van der Waals surface area contributed by atoms with Crippen LogP contribution in [-0.4, -0.2) is 50.9 Å². The van der Waals surface area contributed by atoms with Crippen LogP contribution in [0.3, 0.4) is 0 Å². The highest BCUT2D eigenvalue weighted by molar-refractivity contribution is 5.82. The van der Waals surface area contributed by atoms with E-state index in [1.54, 1.807) is 12.3 Å². The molecule has 3 aromatic heterocycles. The molecule has 0 N–H and O–H groups in total. The summed E-state index contributed by atoms with van der Waals surface area (Å²) in [6.45, 7) is 2.35. The Morgan fingerprint density at radius 1 is 1.17 bits per heavy atom. The molecule has 0 bridgehead atoms. The maximum Gasteiger partial charge on any atom is 0.226 e. The van der Waals surface area contributed by atoms with E-state index in [9.17, 15) is 4.79 Å². The van der Waals surface area contributed by atoms with Crippen molar-refractivity contribution in [1.29, 1.82) is 5.26 Å². The van der Waals surface area contributed by atoms with Gasteiger partial charge in [-0.2, -0.15) is 5.26 Å². The molecule has 0 saturated carbocycles. The number of hydrogen-bond donors (Lipinski definition) is 0. The second-order valence-electron chi connectivity index (χ2n) is 8.16. The second-order valence-corrected chi connectivity index (χ2v) is 8.16. The lowest BCUT2D eigenvalue weighted by atomic mass is 9.96. The molecule has 5 rings (SSSR count). The van der Waals surface area contributed by atoms with Gasteiger partial charge in [-0.1, -0.05) is 6.07 Å². The molecule has 7 nitrogen and oxygen atoms in total. The SMILES string of the molecule is N#Cc1ccc(N2CCN3C(=O)[C@@H](CCCc4cccn5ccnc45)C[C@H]3C2)nc1. The molecule has 3 aromatic rings. The third-order valence-electron chi connectivity index (χ3n) is 6.37. The summed E-state index contributed by atoms with van der Waals surface area (Å²) in [5, 5.41) is 8.95. The molecular weight excluding hydrogens is 376 g/mol. The van der Waals surface area contributed by atoms with E-state index >= 15 is 0 Å². The predicted octanol–water partition coefficient (Wildman–Crippen LogP) is 2.66. The number of amides is 1. The zero-order valence-electron chi connectivity index (χ0n) is 16.8. The van der Waals surface area contributed by atoms with Crippen LogP contribution in [0.25, 0.3) is 5.65 Å². The lowest BCUT2D eigenvalue weighted by molar-refractivity contribution is -0.132. The van der Waals surface area contributed by atoms with Gasteiger partial charge in [0.15, 0.2) is 0 Å². The van der Waals surface area contributed by atoms with Gasteiger partial charge in [0.1, 0.15) is 17.5 Å². The van der Waals surface area contributed by atoms with E-state index in [1.165, 1.54) is 5.56 Å². The molecule has 0 unspecified atom stereocenters. The molecule has 2 aliphatic heterocycles. The number of nitriles is 1. The average molecular weight is 400 g/mol. The molecule has 0 aromatic carbocycles. The van der Waals surface area contributed by atoms with E-state index in [0.29, 0.717) is 11.5 Å². The Balaban J connectivity index is 1.19. The van der Waals surface area contributed by atoms with Crippen LogP contribution in [0.1, 0.15) is 30.4 Å². The van der Waals surface area contributed by atoms with Crippen LogP contribution in [-0.2, 0) is 11.2 Å². The summed E-state index contributed by atoms with van der Waals surface area (Å²) in [6.07, 6.45) is 11.2. The number of piperazine rings is 1. The van der Waals surface area contributed by atoms with Gasteiger partial charge in [0.2, 0.25) is 5.91 Å². The van der Waals surface area contributed by atoms with Crippen LogP contribution >= 0.6 is 0 Å². The second kappa shape index (κ2) is 7.79. The summed E-state index contributed by atoms with van der Waals surface area (Å²) in [5.41, 5.74) is 2.82. The van der Waals surface area contributed by atoms with Crippen LogP contribution in [0.5, 0.6) is 0 Å². The van der Waals surface area contributed by atoms with Gasteiger partial charge < -0.3 is 14.2 Å². The van der Waals surface area contributed by atoms with Crippen LogP contribution in [0, 0.1) is 17.2 Å². The van der Waals surface area contributed by atoms with E-state index in [-0.39, 0.29) is 12.0 Å². The zero-order valence-corrected chi connectivity index (χ0v) is 16.8. The number of carbonyl (C=O) groups excluding carboxylic acids is 1. The number of pyridine rings is 2. The van der Waals surface area contributed by atoms with Crippen molar-refractivity contribution in [2.24, 2.45) is 5.92 Å². The number of hydrogen-bond acceptors (Lipinski definition) is 5. The third kappa shape index (κ3) is 3.39. The number of anilines is 1. The van der Waals surface area contributed by atoms with Crippen LogP contribution in [0.4, 0.5) is 5.82 Å². The highest BCUT2D eigenvalue weighted by Gasteiger charge is 2.42. The van der Waals surface area contributed by atoms with Gasteiger partial charge in [-0.25, -0.2) is 9.97 Å². The Bertz CT molecular complexity index is 1100. The standard InChI is InChI=1S/C23H24N6O/c24-14-17-6-7-21(26-15-17)28-11-12-29-20(16-28)13-19(23(29)30)4-1-3-18-5-2-9-27-10-8-25-22(18)27/h2,5-10,15,19-20H,1,3-4,11-13,16H2/t19-,20-/m0/s1. The van der Waals surface area contributed by atoms with Crippen LogP contribution in [0.15, 0.2) is 49.1 Å². The van der Waals surface area contributed by atoms with E-state index in [4.69, 9.17) is 5.26 Å². The lowest BCUT2D eigenvalue weighted by Gasteiger charge is -2.38. The smallest absolute Gasteiger partial charge is 0.226 e. The van der Waals surface area contributed by atoms with Crippen LogP contribution in [0.2, 0.25) is 0 Å². The van der Waals surface area contributed by atoms with Crippen molar-refractivity contribution >= 4 is 17.4 Å². The highest BCUT2D eigenvalue weighted by atomic mass is 16.2. The normalized spacial score (nSPS) is 21.1. The molecule has 2 atom stereocenters. The van der Waals surface area contributed by atoms with Gasteiger partial charge in [0.05, 0.1) is 11.6 Å². The van der Waals surface area contributed by atoms with E-state index in [1.807, 2.05) is 29.1 Å². The molecule has 0 spiro atoms. The fourth-order valence-corrected chi connectivity index (χ4v) is 4.84. The molecule has 5 heterocycles. The number of fused-ring (bicyclic) bond motifs is 2. The molecule has 2 saturated heterocycles. The first-order valence-electron chi connectivity index (χ1n) is 10.5. The number of aryl methyl sites for hydroxylation is 1. The van der Waals surface area contributed by atoms with Gasteiger partial charge in [-0.15, -0.1) is 0 Å². The van der Waals surface area contributed by atoms with Crippen LogP contribution < -0.4 is 4.90 Å². The molecule has 7 heteroatoms. The van der Waals surface area contributed by atoms with Crippen molar-refractivity contribution in [2.45, 2.75) is 31.7 Å². The van der Waals surface area contributed by atoms with Gasteiger partial charge in [0, 0.05) is 50.3 Å². The van der Waals surface area contributed by atoms with Gasteiger partial charge >= 0.3 is 0 Å². The summed E-state index contributed by atoms with van der Waals surface area (Å²) in [4.78, 5) is 26.1. The number of rotatable bonds is 5. The minimum atomic E-state index is 0.114. The fourth-order valence-electron chi connectivity index (χ4n) is 4.84. The minimum Gasteiger partial charge on any atom is -0.353 e. The van der Waals surface area contributed by atoms with Gasteiger partial charge in [0.25, 0.3) is 0 Å². The quantitative estimate of drug-likeness (QED) is 0.658. The topological polar surface area (TPSA) is 77.5 Å². The van der Waals surface area contributed by atoms with Crippen molar-refractivity contribution in [3.05, 3.63) is 60.2 Å². The lowest BCUT2D eigenvalue weighted by Crippen LogP contribution is -2.51. The number of carbonyl (C=O) groups is 1. The molecule has 2 fully saturated rings. The molecule has 0 radical (unpaired) electrons. The zero-order chi connectivity index (χ0) is 20.5. The van der Waals surface area contributed by atoms with Crippen molar-refractivity contribution in [2.75, 3.05) is 24.5 Å². The summed E-state index contributed by atoms with van der Waals surface area (Å²) >= 11 is 0. The van der Waals surface area contributed by atoms with E-state index < -0.39 is 0 Å². The van der Waals surface area contributed by atoms with Crippen molar-refractivity contribution in [3.63, 3.8) is 0 Å². The fraction of sp³-hybridized carbons (Fsp3) is 0.391. The maximum atomic E-state index is 12.9. The van der Waals surface area contributed by atoms with Crippen molar-refractivity contribution < 1.29 is 4.79 Å². The first-order valence-corrected chi connectivity index (χ1v) is 10.5. The summed E-state index contributed by atoms with van der Waals surface area (Å²) in [5.74, 6) is 1.31. The van der Waals surface area contributed by atoms with E-state index in [0.717, 1.165) is 56.8 Å². The summed E-state index contributed by atoms with van der Waals surface area (Å²) < 4.78 is 2.04. The molecule has 152 valence electrons.